The molecule has 5 heteroatoms. The summed E-state index contributed by atoms with van der Waals surface area (Å²) < 4.78 is 6.89. The summed E-state index contributed by atoms with van der Waals surface area (Å²) in [5, 5.41) is 3.27. The first-order valence-electron chi connectivity index (χ1n) is 18.8. The summed E-state index contributed by atoms with van der Waals surface area (Å²) in [7, 11) is 0. The van der Waals surface area contributed by atoms with Gasteiger partial charge in [-0.05, 0) is 94.8 Å². The van der Waals surface area contributed by atoms with E-state index in [1.54, 1.807) is 6.20 Å². The van der Waals surface area contributed by atoms with Gasteiger partial charge in [-0.15, -0.1) is 0 Å². The summed E-state index contributed by atoms with van der Waals surface area (Å²) in [5.74, 6) is 3.98. The molecule has 0 fully saturated rings. The Morgan fingerprint density at radius 2 is 1.39 bits per heavy atom. The molecule has 260 valence electrons. The second-order valence-corrected chi connectivity index (χ2v) is 14.3. The fraction of sp³-hybridized carbons (Fsp3) is 0.122. The van der Waals surface area contributed by atoms with Crippen molar-refractivity contribution in [3.8, 4) is 45.4 Å². The molecule has 0 bridgehead atoms. The smallest absolute Gasteiger partial charge is 0.164 e. The van der Waals surface area contributed by atoms with Crippen molar-refractivity contribution in [3.63, 3.8) is 0 Å². The number of hydrogen-bond donors (Lipinski definition) is 1. The van der Waals surface area contributed by atoms with Gasteiger partial charge in [0, 0.05) is 34.7 Å². The standard InChI is InChI=1S/C49H38N4O/c1-2-50-31-32-14-13-19-35(28-32)36-24-26-44-42(29-36)49(40-22-11-9-20-38(40)39-21-10-12-23-41(39)49)43-30-37(25-27-45(43)54-44)48-52-46(33-15-5-3-6-16-33)51-47(53-48)34-17-7-4-8-18-34/h2-7,9-17,20-30,35,50H,1,8,18-19,31H2. The molecule has 1 spiro atoms. The minimum atomic E-state index is -0.627. The van der Waals surface area contributed by atoms with E-state index in [1.807, 2.05) is 18.2 Å². The van der Waals surface area contributed by atoms with E-state index in [-0.39, 0.29) is 5.92 Å². The van der Waals surface area contributed by atoms with Crippen molar-refractivity contribution < 1.29 is 4.74 Å². The Kier molecular flexibility index (Phi) is 7.80. The monoisotopic (exact) mass is 698 g/mol. The Morgan fingerprint density at radius 3 is 2.13 bits per heavy atom. The number of fused-ring (bicyclic) bond motifs is 9. The first kappa shape index (κ1) is 32.1. The Hall–Kier alpha value is -6.59. The summed E-state index contributed by atoms with van der Waals surface area (Å²) in [4.78, 5) is 15.3. The van der Waals surface area contributed by atoms with E-state index in [9.17, 15) is 0 Å². The highest BCUT2D eigenvalue weighted by Gasteiger charge is 2.51. The molecule has 6 aromatic rings. The van der Waals surface area contributed by atoms with E-state index < -0.39 is 5.41 Å². The van der Waals surface area contributed by atoms with Gasteiger partial charge in [-0.1, -0.05) is 128 Å². The lowest BCUT2D eigenvalue weighted by Crippen LogP contribution is -2.32. The van der Waals surface area contributed by atoms with Crippen LogP contribution in [0.5, 0.6) is 11.5 Å². The lowest BCUT2D eigenvalue weighted by Gasteiger charge is -2.40. The maximum Gasteiger partial charge on any atom is 0.164 e. The normalized spacial score (nSPS) is 17.0. The summed E-state index contributed by atoms with van der Waals surface area (Å²) in [6, 6.07) is 41.2. The molecule has 1 aromatic heterocycles. The van der Waals surface area contributed by atoms with Crippen LogP contribution in [-0.4, -0.2) is 21.5 Å². The van der Waals surface area contributed by atoms with E-state index in [1.165, 1.54) is 33.4 Å². The molecule has 1 unspecified atom stereocenters. The minimum Gasteiger partial charge on any atom is -0.457 e. The molecule has 10 rings (SSSR count). The van der Waals surface area contributed by atoms with Crippen LogP contribution in [0.3, 0.4) is 0 Å². The molecular formula is C49H38N4O. The first-order chi connectivity index (χ1) is 26.7. The van der Waals surface area contributed by atoms with Gasteiger partial charge < -0.3 is 10.1 Å². The lowest BCUT2D eigenvalue weighted by molar-refractivity contribution is 0.436. The second kappa shape index (κ2) is 13.1. The van der Waals surface area contributed by atoms with Crippen LogP contribution < -0.4 is 10.1 Å². The fourth-order valence-electron chi connectivity index (χ4n) is 8.73. The summed E-state index contributed by atoms with van der Waals surface area (Å²) in [5.41, 5.74) is 12.1. The SMILES string of the molecule is C=CNCC1=CC(c2ccc3c(c2)C2(c4cc(-c5nc(C6=CC=CCC6)nc(-c6ccccc6)n5)ccc4O3)c3ccccc3-c3ccccc32)CC=C1. The Morgan fingerprint density at radius 1 is 0.704 bits per heavy atom. The van der Waals surface area contributed by atoms with Crippen molar-refractivity contribution in [2.75, 3.05) is 6.54 Å². The van der Waals surface area contributed by atoms with Crippen molar-refractivity contribution in [1.29, 1.82) is 0 Å². The molecule has 0 radical (unpaired) electrons. The quantitative estimate of drug-likeness (QED) is 0.180. The second-order valence-electron chi connectivity index (χ2n) is 14.3. The lowest BCUT2D eigenvalue weighted by atomic mass is 9.65. The van der Waals surface area contributed by atoms with Crippen LogP contribution in [-0.2, 0) is 5.41 Å². The van der Waals surface area contributed by atoms with Gasteiger partial charge in [0.2, 0.25) is 0 Å². The zero-order chi connectivity index (χ0) is 36.1. The fourth-order valence-corrected chi connectivity index (χ4v) is 8.73. The van der Waals surface area contributed by atoms with Crippen molar-refractivity contribution >= 4 is 5.57 Å². The summed E-state index contributed by atoms with van der Waals surface area (Å²) >= 11 is 0. The van der Waals surface area contributed by atoms with Crippen LogP contribution in [0.2, 0.25) is 0 Å². The maximum atomic E-state index is 6.89. The highest BCUT2D eigenvalue weighted by molar-refractivity contribution is 5.89. The van der Waals surface area contributed by atoms with Gasteiger partial charge in [0.05, 0.1) is 5.41 Å². The highest BCUT2D eigenvalue weighted by Crippen LogP contribution is 2.62. The average Bonchev–Trinajstić information content (AvgIpc) is 3.54. The molecule has 1 N–H and O–H groups in total. The number of rotatable bonds is 7. The van der Waals surface area contributed by atoms with Crippen LogP contribution in [0, 0.1) is 0 Å². The van der Waals surface area contributed by atoms with Gasteiger partial charge in [-0.25, -0.2) is 15.0 Å². The van der Waals surface area contributed by atoms with Crippen molar-refractivity contribution in [2.45, 2.75) is 30.6 Å². The molecule has 0 saturated heterocycles. The zero-order valence-electron chi connectivity index (χ0n) is 29.9. The highest BCUT2D eigenvalue weighted by atomic mass is 16.5. The van der Waals surface area contributed by atoms with E-state index in [0.29, 0.717) is 11.6 Å². The molecule has 54 heavy (non-hydrogen) atoms. The van der Waals surface area contributed by atoms with E-state index in [0.717, 1.165) is 71.0 Å². The van der Waals surface area contributed by atoms with E-state index in [2.05, 4.69) is 145 Å². The predicted octanol–water partition coefficient (Wildman–Crippen LogP) is 11.1. The van der Waals surface area contributed by atoms with E-state index >= 15 is 0 Å². The number of hydrogen-bond acceptors (Lipinski definition) is 5. The topological polar surface area (TPSA) is 59.9 Å². The third-order valence-corrected chi connectivity index (χ3v) is 11.2. The molecule has 0 amide bonds. The summed E-state index contributed by atoms with van der Waals surface area (Å²) in [6.07, 6.45) is 17.9. The molecule has 1 aliphatic heterocycles. The molecule has 0 saturated carbocycles. The van der Waals surface area contributed by atoms with Crippen molar-refractivity contribution in [3.05, 3.63) is 204 Å². The number of allylic oxidation sites excluding steroid dienone is 6. The Bertz CT molecular complexity index is 2550. The first-order valence-corrected chi connectivity index (χ1v) is 18.8. The Balaban J connectivity index is 1.20. The van der Waals surface area contributed by atoms with Crippen LogP contribution in [0.4, 0.5) is 0 Å². The van der Waals surface area contributed by atoms with Crippen molar-refractivity contribution in [2.24, 2.45) is 0 Å². The number of nitrogens with one attached hydrogen (secondary N) is 1. The number of nitrogens with zero attached hydrogens (tertiary/aromatic N) is 3. The predicted molar refractivity (Wildman–Crippen MR) is 217 cm³/mol. The van der Waals surface area contributed by atoms with Gasteiger partial charge in [0.15, 0.2) is 17.5 Å². The third-order valence-electron chi connectivity index (χ3n) is 11.2. The molecule has 5 aromatic carbocycles. The molecular weight excluding hydrogens is 661 g/mol. The van der Waals surface area contributed by atoms with Crippen LogP contribution in [0.25, 0.3) is 39.5 Å². The number of ether oxygens (including phenoxy) is 1. The van der Waals surface area contributed by atoms with Crippen LogP contribution in [0.1, 0.15) is 58.8 Å². The molecule has 5 nitrogen and oxygen atoms in total. The largest absolute Gasteiger partial charge is 0.457 e. The molecule has 2 heterocycles. The van der Waals surface area contributed by atoms with Gasteiger partial charge >= 0.3 is 0 Å². The molecule has 1 atom stereocenters. The van der Waals surface area contributed by atoms with Gasteiger partial charge in [0.1, 0.15) is 11.5 Å². The van der Waals surface area contributed by atoms with E-state index in [4.69, 9.17) is 19.7 Å². The van der Waals surface area contributed by atoms with Gasteiger partial charge in [-0.2, -0.15) is 0 Å². The molecule has 4 aliphatic rings. The average molecular weight is 699 g/mol. The summed E-state index contributed by atoms with van der Waals surface area (Å²) in [6.45, 7) is 4.60. The minimum absolute atomic E-state index is 0.238. The zero-order valence-corrected chi connectivity index (χ0v) is 29.9. The van der Waals surface area contributed by atoms with Gasteiger partial charge in [-0.3, -0.25) is 0 Å². The number of aromatic nitrogens is 3. The van der Waals surface area contributed by atoms with Crippen LogP contribution in [0.15, 0.2) is 170 Å². The third kappa shape index (κ3) is 5.19. The van der Waals surface area contributed by atoms with Crippen LogP contribution >= 0.6 is 0 Å². The van der Waals surface area contributed by atoms with Gasteiger partial charge in [0.25, 0.3) is 0 Å². The number of benzene rings is 5. The maximum absolute atomic E-state index is 6.89. The van der Waals surface area contributed by atoms with Crippen molar-refractivity contribution in [1.82, 2.24) is 20.3 Å². The Labute approximate surface area is 315 Å². The molecule has 3 aliphatic carbocycles.